The second-order valence-electron chi connectivity index (χ2n) is 5.17. The van der Waals surface area contributed by atoms with Gasteiger partial charge in [-0.1, -0.05) is 18.2 Å². The topological polar surface area (TPSA) is 35.5 Å². The molecule has 0 spiro atoms. The zero-order chi connectivity index (χ0) is 11.7. The molecule has 1 saturated heterocycles. The van der Waals surface area contributed by atoms with Crippen molar-refractivity contribution in [3.05, 3.63) is 29.8 Å². The van der Waals surface area contributed by atoms with Gasteiger partial charge in [-0.05, 0) is 30.9 Å². The lowest BCUT2D eigenvalue weighted by Gasteiger charge is -2.33. The molecule has 0 amide bonds. The smallest absolute Gasteiger partial charge is 0.0680 e. The summed E-state index contributed by atoms with van der Waals surface area (Å²) in [6.45, 7) is 2.92. The molecule has 92 valence electrons. The van der Waals surface area contributed by atoms with Crippen LogP contribution in [-0.2, 0) is 6.42 Å². The molecule has 3 heteroatoms. The predicted molar refractivity (Wildman–Crippen MR) is 69.4 cm³/mol. The lowest BCUT2D eigenvalue weighted by molar-refractivity contribution is 0.193. The molecule has 0 radical (unpaired) electrons. The zero-order valence-electron chi connectivity index (χ0n) is 10.1. The van der Waals surface area contributed by atoms with Gasteiger partial charge in [0.1, 0.15) is 0 Å². The molecular formula is C14H20N2O. The van der Waals surface area contributed by atoms with Crippen molar-refractivity contribution < 1.29 is 5.11 Å². The Morgan fingerprint density at radius 3 is 3.06 bits per heavy atom. The highest BCUT2D eigenvalue weighted by Crippen LogP contribution is 2.27. The number of anilines is 1. The lowest BCUT2D eigenvalue weighted by atomic mass is 10.0. The summed E-state index contributed by atoms with van der Waals surface area (Å²) in [5, 5.41) is 12.9. The van der Waals surface area contributed by atoms with Crippen LogP contribution in [-0.4, -0.2) is 36.9 Å². The summed E-state index contributed by atoms with van der Waals surface area (Å²) in [6, 6.07) is 9.14. The molecule has 0 bridgehead atoms. The maximum atomic E-state index is 9.54. The first kappa shape index (κ1) is 11.1. The maximum Gasteiger partial charge on any atom is 0.0680 e. The number of para-hydroxylation sites is 1. The SMILES string of the molecule is OC1CNC(CN2CCCc3ccccc32)C1. The van der Waals surface area contributed by atoms with Crippen molar-refractivity contribution in [1.82, 2.24) is 5.32 Å². The van der Waals surface area contributed by atoms with Crippen LogP contribution in [0.4, 0.5) is 5.69 Å². The highest BCUT2D eigenvalue weighted by Gasteiger charge is 2.25. The van der Waals surface area contributed by atoms with Crippen LogP contribution in [0.1, 0.15) is 18.4 Å². The van der Waals surface area contributed by atoms with Gasteiger partial charge in [-0.15, -0.1) is 0 Å². The molecule has 0 saturated carbocycles. The molecule has 17 heavy (non-hydrogen) atoms. The Labute approximate surface area is 102 Å². The Hall–Kier alpha value is -1.06. The van der Waals surface area contributed by atoms with E-state index in [4.69, 9.17) is 0 Å². The van der Waals surface area contributed by atoms with Crippen LogP contribution in [0.25, 0.3) is 0 Å². The Balaban J connectivity index is 1.72. The minimum absolute atomic E-state index is 0.153. The van der Waals surface area contributed by atoms with Crippen molar-refractivity contribution in [2.45, 2.75) is 31.4 Å². The summed E-state index contributed by atoms with van der Waals surface area (Å²) < 4.78 is 0. The minimum atomic E-state index is -0.153. The zero-order valence-corrected chi connectivity index (χ0v) is 10.1. The first-order valence-electron chi connectivity index (χ1n) is 6.57. The number of benzene rings is 1. The van der Waals surface area contributed by atoms with Crippen molar-refractivity contribution in [3.8, 4) is 0 Å². The number of hydrogen-bond acceptors (Lipinski definition) is 3. The van der Waals surface area contributed by atoms with E-state index in [9.17, 15) is 5.11 Å². The number of hydrogen-bond donors (Lipinski definition) is 2. The summed E-state index contributed by atoms with van der Waals surface area (Å²) in [6.07, 6.45) is 3.18. The second kappa shape index (κ2) is 4.67. The van der Waals surface area contributed by atoms with Gasteiger partial charge < -0.3 is 15.3 Å². The van der Waals surface area contributed by atoms with Gasteiger partial charge in [0, 0.05) is 31.4 Å². The van der Waals surface area contributed by atoms with Gasteiger partial charge in [-0.25, -0.2) is 0 Å². The standard InChI is InChI=1S/C14H20N2O/c17-13-8-12(15-9-13)10-16-7-3-5-11-4-1-2-6-14(11)16/h1-2,4,6,12-13,15,17H,3,5,7-10H2. The van der Waals surface area contributed by atoms with E-state index in [1.54, 1.807) is 0 Å². The Bertz CT molecular complexity index is 394. The molecule has 2 aliphatic heterocycles. The van der Waals surface area contributed by atoms with Gasteiger partial charge in [-0.2, -0.15) is 0 Å². The number of aryl methyl sites for hydroxylation is 1. The maximum absolute atomic E-state index is 9.54. The van der Waals surface area contributed by atoms with Crippen LogP contribution in [0.3, 0.4) is 0 Å². The number of fused-ring (bicyclic) bond motifs is 1. The third-order valence-electron chi connectivity index (χ3n) is 3.85. The Kier molecular flexibility index (Phi) is 3.04. The number of aliphatic hydroxyl groups excluding tert-OH is 1. The molecule has 2 atom stereocenters. The number of aliphatic hydroxyl groups is 1. The molecule has 2 N–H and O–H groups in total. The van der Waals surface area contributed by atoms with Crippen LogP contribution in [0, 0.1) is 0 Å². The molecule has 3 rings (SSSR count). The summed E-state index contributed by atoms with van der Waals surface area (Å²) >= 11 is 0. The van der Waals surface area contributed by atoms with E-state index in [-0.39, 0.29) is 6.10 Å². The van der Waals surface area contributed by atoms with E-state index >= 15 is 0 Å². The van der Waals surface area contributed by atoms with Crippen molar-refractivity contribution >= 4 is 5.69 Å². The fourth-order valence-corrected chi connectivity index (χ4v) is 3.00. The molecule has 1 fully saturated rings. The van der Waals surface area contributed by atoms with E-state index in [1.165, 1.54) is 24.1 Å². The molecule has 0 aromatic heterocycles. The van der Waals surface area contributed by atoms with Crippen molar-refractivity contribution in [1.29, 1.82) is 0 Å². The Morgan fingerprint density at radius 1 is 1.35 bits per heavy atom. The van der Waals surface area contributed by atoms with Crippen molar-refractivity contribution in [2.24, 2.45) is 0 Å². The molecule has 2 aliphatic rings. The molecule has 2 heterocycles. The van der Waals surface area contributed by atoms with Gasteiger partial charge in [0.25, 0.3) is 0 Å². The summed E-state index contributed by atoms with van der Waals surface area (Å²) in [4.78, 5) is 2.47. The minimum Gasteiger partial charge on any atom is -0.392 e. The fraction of sp³-hybridized carbons (Fsp3) is 0.571. The van der Waals surface area contributed by atoms with Crippen LogP contribution in [0.5, 0.6) is 0 Å². The van der Waals surface area contributed by atoms with Gasteiger partial charge in [-0.3, -0.25) is 0 Å². The highest BCUT2D eigenvalue weighted by molar-refractivity contribution is 5.55. The van der Waals surface area contributed by atoms with Crippen LogP contribution in [0.15, 0.2) is 24.3 Å². The quantitative estimate of drug-likeness (QED) is 0.803. The second-order valence-corrected chi connectivity index (χ2v) is 5.17. The summed E-state index contributed by atoms with van der Waals surface area (Å²) in [7, 11) is 0. The van der Waals surface area contributed by atoms with Gasteiger partial charge in [0.05, 0.1) is 6.10 Å². The van der Waals surface area contributed by atoms with Crippen LogP contribution in [0.2, 0.25) is 0 Å². The monoisotopic (exact) mass is 232 g/mol. The molecule has 1 aromatic rings. The largest absolute Gasteiger partial charge is 0.392 e. The third-order valence-corrected chi connectivity index (χ3v) is 3.85. The third kappa shape index (κ3) is 2.31. The van der Waals surface area contributed by atoms with E-state index in [0.717, 1.165) is 26.1 Å². The normalized spacial score (nSPS) is 28.2. The van der Waals surface area contributed by atoms with Crippen LogP contribution >= 0.6 is 0 Å². The van der Waals surface area contributed by atoms with Crippen molar-refractivity contribution in [2.75, 3.05) is 24.5 Å². The van der Waals surface area contributed by atoms with Gasteiger partial charge in [0.2, 0.25) is 0 Å². The molecule has 3 nitrogen and oxygen atoms in total. The number of rotatable bonds is 2. The summed E-state index contributed by atoms with van der Waals surface area (Å²) in [5.41, 5.74) is 2.86. The van der Waals surface area contributed by atoms with Crippen LogP contribution < -0.4 is 10.2 Å². The number of nitrogens with one attached hydrogen (secondary N) is 1. The number of β-amino-alcohol motifs (C(OH)–C–C–N with tert-alkyl or cyclic N) is 1. The first-order chi connectivity index (χ1) is 8.33. The van der Waals surface area contributed by atoms with Gasteiger partial charge in [0.15, 0.2) is 0 Å². The predicted octanol–water partition coefficient (Wildman–Crippen LogP) is 1.16. The summed E-state index contributed by atoms with van der Waals surface area (Å²) in [5.74, 6) is 0. The molecular weight excluding hydrogens is 212 g/mol. The van der Waals surface area contributed by atoms with Crippen molar-refractivity contribution in [3.63, 3.8) is 0 Å². The van der Waals surface area contributed by atoms with E-state index in [0.29, 0.717) is 6.04 Å². The average molecular weight is 232 g/mol. The van der Waals surface area contributed by atoms with E-state index in [2.05, 4.69) is 34.5 Å². The average Bonchev–Trinajstić information content (AvgIpc) is 2.75. The highest BCUT2D eigenvalue weighted by atomic mass is 16.3. The molecule has 2 unspecified atom stereocenters. The van der Waals surface area contributed by atoms with E-state index in [1.807, 2.05) is 0 Å². The fourth-order valence-electron chi connectivity index (χ4n) is 3.00. The Morgan fingerprint density at radius 2 is 2.24 bits per heavy atom. The van der Waals surface area contributed by atoms with E-state index < -0.39 is 0 Å². The molecule has 1 aromatic carbocycles. The van der Waals surface area contributed by atoms with Gasteiger partial charge >= 0.3 is 0 Å². The molecule has 0 aliphatic carbocycles. The first-order valence-corrected chi connectivity index (χ1v) is 6.57. The number of nitrogens with zero attached hydrogens (tertiary/aromatic N) is 1. The lowest BCUT2D eigenvalue weighted by Crippen LogP contribution is -2.40.